The summed E-state index contributed by atoms with van der Waals surface area (Å²) in [6.45, 7) is 2.65. The zero-order valence-corrected chi connectivity index (χ0v) is 30.3. The van der Waals surface area contributed by atoms with Gasteiger partial charge in [-0.3, -0.25) is 4.98 Å². The van der Waals surface area contributed by atoms with E-state index in [-0.39, 0.29) is 88.6 Å². The minimum Gasteiger partial charge on any atom is -0.508 e. The number of aromatic nitrogens is 3. The number of aromatic hydroxyl groups is 1. The number of phenols is 1. The number of phenolic OH excluding ortho intramolecular Hbond substituents is 1. The number of carbonyl (C=O) groups is 1. The number of nitrogens with zero attached hydrogens (tertiary/aromatic N) is 6. The van der Waals surface area contributed by atoms with Gasteiger partial charge in [0.1, 0.15) is 40.3 Å². The van der Waals surface area contributed by atoms with Gasteiger partial charge < -0.3 is 29.9 Å². The molecule has 2 saturated carbocycles. The molecule has 2 amide bonds. The molecule has 3 saturated heterocycles. The molecule has 56 heavy (non-hydrogen) atoms. The number of anilines is 1. The largest absolute Gasteiger partial charge is 0.508 e. The molecular weight excluding hydrogens is 740 g/mol. The number of rotatable bonds is 8. The van der Waals surface area contributed by atoms with Crippen LogP contribution in [0.5, 0.6) is 11.8 Å². The van der Waals surface area contributed by atoms with Gasteiger partial charge in [0.05, 0.1) is 29.6 Å². The Morgan fingerprint density at radius 3 is 2.39 bits per heavy atom. The summed E-state index contributed by atoms with van der Waals surface area (Å²) in [5, 5.41) is 13.6. The molecule has 9 rings (SSSR count). The summed E-state index contributed by atoms with van der Waals surface area (Å²) in [5.74, 6) is 0.791. The molecule has 2 atom stereocenters. The highest BCUT2D eigenvalue weighted by molar-refractivity contribution is 6.03. The Morgan fingerprint density at radius 2 is 1.75 bits per heavy atom. The number of piperidine rings is 1. The number of likely N-dealkylation sites (tertiary alicyclic amines) is 1. The number of halogens is 6. The van der Waals surface area contributed by atoms with Gasteiger partial charge in [-0.2, -0.15) is 23.1 Å². The summed E-state index contributed by atoms with van der Waals surface area (Å²) >= 11 is 0. The van der Waals surface area contributed by atoms with Crippen LogP contribution in [0.3, 0.4) is 0 Å². The van der Waals surface area contributed by atoms with Crippen LogP contribution < -0.4 is 15.0 Å². The fourth-order valence-electron chi connectivity index (χ4n) is 8.83. The SMILES string of the molecule is C#Cc1c(F)ccc2cc(O)cc(-c3ncc4c(N5CC6CCC(C5)N6C(=O)NC5(C(F)(F)F)CC5)nc(OCC5(CN6CCC(F)CC6)CC5)nc4c3F)c12. The molecular formula is C40H39F6N7O3. The molecule has 3 aliphatic heterocycles. The van der Waals surface area contributed by atoms with Crippen molar-refractivity contribution in [2.45, 2.75) is 81.3 Å². The van der Waals surface area contributed by atoms with Gasteiger partial charge in [0.15, 0.2) is 5.82 Å². The maximum atomic E-state index is 17.1. The van der Waals surface area contributed by atoms with Crippen molar-refractivity contribution in [2.75, 3.05) is 44.2 Å². The molecule has 2 aromatic carbocycles. The van der Waals surface area contributed by atoms with E-state index in [2.05, 4.69) is 26.1 Å². The predicted octanol–water partition coefficient (Wildman–Crippen LogP) is 6.86. The number of benzene rings is 2. The van der Waals surface area contributed by atoms with E-state index in [1.165, 1.54) is 35.4 Å². The molecule has 2 unspecified atom stereocenters. The number of nitrogens with one attached hydrogen (secondary N) is 1. The van der Waals surface area contributed by atoms with Gasteiger partial charge >= 0.3 is 18.2 Å². The second-order valence-electron chi connectivity index (χ2n) is 16.1. The third-order valence-electron chi connectivity index (χ3n) is 12.3. The molecule has 2 aromatic heterocycles. The van der Waals surface area contributed by atoms with Crippen molar-refractivity contribution < 1.29 is 41.0 Å². The zero-order chi connectivity index (χ0) is 39.1. The molecule has 2 bridgehead atoms. The Hall–Kier alpha value is -5.04. The molecule has 294 valence electrons. The summed E-state index contributed by atoms with van der Waals surface area (Å²) in [5.41, 5.74) is -2.88. The number of urea groups is 1. The highest BCUT2D eigenvalue weighted by atomic mass is 19.4. The van der Waals surface area contributed by atoms with Crippen molar-refractivity contribution in [3.63, 3.8) is 0 Å². The average Bonchev–Trinajstić information content (AvgIpc) is 4.10. The van der Waals surface area contributed by atoms with E-state index in [9.17, 15) is 31.9 Å². The number of ether oxygens (including phenoxy) is 1. The van der Waals surface area contributed by atoms with E-state index >= 15 is 4.39 Å². The molecule has 0 spiro atoms. The standard InChI is InChI=1S/C40H39F6N7O3/c1-2-27-30(42)6-3-22-15-26(54)16-28(31(22)27)33-32(43)34-29(17-47-33)35(49-36(48-34)56-21-38(9-10-38)20-51-13-7-23(41)8-14-51)52-18-24-4-5-25(19-52)53(24)37(55)50-39(11-12-39)40(44,45)46/h1,3,6,15-17,23-25,54H,4-5,7-14,18-21H2,(H,50,55). The maximum absolute atomic E-state index is 17.1. The van der Waals surface area contributed by atoms with Crippen molar-refractivity contribution in [1.29, 1.82) is 0 Å². The summed E-state index contributed by atoms with van der Waals surface area (Å²) < 4.78 is 93.3. The van der Waals surface area contributed by atoms with E-state index in [1.807, 2.05) is 4.90 Å². The van der Waals surface area contributed by atoms with E-state index < -0.39 is 47.6 Å². The van der Waals surface area contributed by atoms with Crippen molar-refractivity contribution in [1.82, 2.24) is 30.1 Å². The lowest BCUT2D eigenvalue weighted by molar-refractivity contribution is -0.163. The Labute approximate surface area is 318 Å². The number of alkyl halides is 4. The van der Waals surface area contributed by atoms with E-state index in [1.54, 1.807) is 0 Å². The van der Waals surface area contributed by atoms with Gasteiger partial charge in [0.2, 0.25) is 0 Å². The lowest BCUT2D eigenvalue weighted by atomic mass is 9.96. The second-order valence-corrected chi connectivity index (χ2v) is 16.1. The Kier molecular flexibility index (Phi) is 8.68. The van der Waals surface area contributed by atoms with Gasteiger partial charge in [0.25, 0.3) is 0 Å². The molecule has 2 aliphatic carbocycles. The average molecular weight is 780 g/mol. The molecule has 4 aromatic rings. The van der Waals surface area contributed by atoms with Crippen LogP contribution in [0.4, 0.5) is 37.0 Å². The first-order valence-electron chi connectivity index (χ1n) is 19.0. The van der Waals surface area contributed by atoms with Crippen LogP contribution in [0.1, 0.15) is 56.9 Å². The highest BCUT2D eigenvalue weighted by Gasteiger charge is 2.65. The van der Waals surface area contributed by atoms with E-state index in [0.717, 1.165) is 12.8 Å². The number of amides is 2. The third kappa shape index (κ3) is 6.37. The molecule has 5 fully saturated rings. The number of pyridine rings is 1. The molecule has 16 heteroatoms. The number of terminal acetylenes is 1. The molecule has 5 heterocycles. The van der Waals surface area contributed by atoms with Gasteiger partial charge in [-0.1, -0.05) is 12.0 Å². The fourth-order valence-corrected chi connectivity index (χ4v) is 8.83. The van der Waals surface area contributed by atoms with Gasteiger partial charge in [-0.05, 0) is 75.0 Å². The van der Waals surface area contributed by atoms with Crippen LogP contribution in [0.2, 0.25) is 0 Å². The third-order valence-corrected chi connectivity index (χ3v) is 12.3. The summed E-state index contributed by atoms with van der Waals surface area (Å²) in [6, 6.07) is 3.49. The van der Waals surface area contributed by atoms with Crippen molar-refractivity contribution in [3.05, 3.63) is 47.7 Å². The predicted molar refractivity (Wildman–Crippen MR) is 195 cm³/mol. The van der Waals surface area contributed by atoms with Gasteiger partial charge in [-0.25, -0.2) is 18.0 Å². The van der Waals surface area contributed by atoms with Crippen molar-refractivity contribution in [2.24, 2.45) is 5.41 Å². The number of hydrogen-bond acceptors (Lipinski definition) is 8. The first kappa shape index (κ1) is 36.6. The zero-order valence-electron chi connectivity index (χ0n) is 30.3. The summed E-state index contributed by atoms with van der Waals surface area (Å²) in [4.78, 5) is 32.7. The monoisotopic (exact) mass is 779 g/mol. The van der Waals surface area contributed by atoms with Gasteiger partial charge in [0, 0.05) is 55.3 Å². The molecule has 0 radical (unpaired) electrons. The lowest BCUT2D eigenvalue weighted by Crippen LogP contribution is -2.61. The normalized spacial score (nSPS) is 23.0. The molecule has 2 N–H and O–H groups in total. The number of piperazine rings is 1. The van der Waals surface area contributed by atoms with Crippen molar-refractivity contribution in [3.8, 4) is 35.4 Å². The van der Waals surface area contributed by atoms with Crippen LogP contribution >= 0.6 is 0 Å². The summed E-state index contributed by atoms with van der Waals surface area (Å²) in [7, 11) is 0. The molecule has 10 nitrogen and oxygen atoms in total. The van der Waals surface area contributed by atoms with Gasteiger partial charge in [-0.15, -0.1) is 6.42 Å². The van der Waals surface area contributed by atoms with Crippen molar-refractivity contribution >= 4 is 33.5 Å². The molecule has 5 aliphatic rings. The van der Waals surface area contributed by atoms with Crippen LogP contribution in [-0.2, 0) is 0 Å². The minimum atomic E-state index is -4.55. The number of hydrogen-bond donors (Lipinski definition) is 2. The Bertz CT molecular complexity index is 2270. The maximum Gasteiger partial charge on any atom is 0.411 e. The van der Waals surface area contributed by atoms with Crippen LogP contribution in [0.15, 0.2) is 30.5 Å². The smallest absolute Gasteiger partial charge is 0.411 e. The topological polar surface area (TPSA) is 107 Å². The Balaban J connectivity index is 1.08. The second kappa shape index (κ2) is 13.3. The summed E-state index contributed by atoms with van der Waals surface area (Å²) in [6.07, 6.45) is 5.23. The highest BCUT2D eigenvalue weighted by Crippen LogP contribution is 2.50. The van der Waals surface area contributed by atoms with E-state index in [4.69, 9.17) is 16.1 Å². The quantitative estimate of drug-likeness (QED) is 0.148. The number of carbonyl (C=O) groups excluding carboxylic acids is 1. The van der Waals surface area contributed by atoms with Crippen LogP contribution in [-0.4, -0.2) is 105 Å². The Morgan fingerprint density at radius 1 is 1.04 bits per heavy atom. The van der Waals surface area contributed by atoms with Crippen LogP contribution in [0.25, 0.3) is 32.9 Å². The first-order chi connectivity index (χ1) is 26.8. The van der Waals surface area contributed by atoms with E-state index in [0.29, 0.717) is 50.7 Å². The fraction of sp³-hybridized carbons (Fsp3) is 0.500. The minimum absolute atomic E-state index is 0.0495. The first-order valence-corrected chi connectivity index (χ1v) is 19.0. The lowest BCUT2D eigenvalue weighted by Gasteiger charge is -2.42. The number of fused-ring (bicyclic) bond motifs is 4. The van der Waals surface area contributed by atoms with Crippen LogP contribution in [0, 0.1) is 29.4 Å².